The molecule has 84 valence electrons. The van der Waals surface area contributed by atoms with E-state index in [1.165, 1.54) is 14.1 Å². The molecular formula is C9H9F4NO. The van der Waals surface area contributed by atoms with E-state index in [1.54, 1.807) is 0 Å². The molecule has 0 aliphatic heterocycles. The van der Waals surface area contributed by atoms with Gasteiger partial charge in [0, 0.05) is 14.1 Å². The van der Waals surface area contributed by atoms with Gasteiger partial charge in [-0.25, -0.2) is 17.6 Å². The van der Waals surface area contributed by atoms with Crippen LogP contribution in [-0.2, 0) is 6.61 Å². The first-order valence-electron chi connectivity index (χ1n) is 4.04. The number of aliphatic hydroxyl groups is 1. The quantitative estimate of drug-likeness (QED) is 0.610. The number of rotatable bonds is 2. The smallest absolute Gasteiger partial charge is 0.185 e. The molecule has 1 aromatic rings. The zero-order chi connectivity index (χ0) is 11.7. The van der Waals surface area contributed by atoms with Crippen LogP contribution in [0.1, 0.15) is 5.56 Å². The number of hydrogen-bond donors (Lipinski definition) is 1. The summed E-state index contributed by atoms with van der Waals surface area (Å²) < 4.78 is 52.6. The molecule has 0 amide bonds. The van der Waals surface area contributed by atoms with E-state index in [-0.39, 0.29) is 0 Å². The van der Waals surface area contributed by atoms with Gasteiger partial charge in [-0.05, 0) is 0 Å². The Morgan fingerprint density at radius 2 is 1.33 bits per heavy atom. The summed E-state index contributed by atoms with van der Waals surface area (Å²) in [6.45, 7) is -1.10. The van der Waals surface area contributed by atoms with Crippen molar-refractivity contribution in [3.63, 3.8) is 0 Å². The molecule has 0 aromatic heterocycles. The van der Waals surface area contributed by atoms with Crippen LogP contribution in [0.4, 0.5) is 23.2 Å². The van der Waals surface area contributed by atoms with Crippen LogP contribution >= 0.6 is 0 Å². The molecular weight excluding hydrogens is 214 g/mol. The highest BCUT2D eigenvalue weighted by Gasteiger charge is 2.25. The number of halogens is 4. The van der Waals surface area contributed by atoms with Gasteiger partial charge in [-0.1, -0.05) is 0 Å². The highest BCUT2D eigenvalue weighted by Crippen LogP contribution is 2.29. The summed E-state index contributed by atoms with van der Waals surface area (Å²) in [5.41, 5.74) is -1.81. The molecule has 15 heavy (non-hydrogen) atoms. The molecule has 0 aliphatic rings. The third-order valence-corrected chi connectivity index (χ3v) is 1.94. The van der Waals surface area contributed by atoms with Gasteiger partial charge in [0.05, 0.1) is 12.2 Å². The van der Waals surface area contributed by atoms with Crippen molar-refractivity contribution in [1.82, 2.24) is 0 Å². The SMILES string of the molecule is CN(C)c1c(F)c(F)c(CO)c(F)c1F. The minimum atomic E-state index is -1.57. The van der Waals surface area contributed by atoms with Crippen LogP contribution in [0.3, 0.4) is 0 Å². The Bertz CT molecular complexity index is 363. The molecule has 1 N–H and O–H groups in total. The van der Waals surface area contributed by atoms with Crippen LogP contribution in [0.15, 0.2) is 0 Å². The number of nitrogens with zero attached hydrogens (tertiary/aromatic N) is 1. The molecule has 0 unspecified atom stereocenters. The molecule has 0 spiro atoms. The van der Waals surface area contributed by atoms with Gasteiger partial charge in [0.15, 0.2) is 23.3 Å². The van der Waals surface area contributed by atoms with Crippen molar-refractivity contribution in [2.45, 2.75) is 6.61 Å². The van der Waals surface area contributed by atoms with E-state index >= 15 is 0 Å². The lowest BCUT2D eigenvalue weighted by atomic mass is 10.1. The molecule has 0 radical (unpaired) electrons. The largest absolute Gasteiger partial charge is 0.391 e. The number of anilines is 1. The van der Waals surface area contributed by atoms with Crippen molar-refractivity contribution in [2.75, 3.05) is 19.0 Å². The molecule has 0 aliphatic carbocycles. The number of aliphatic hydroxyl groups excluding tert-OH is 1. The molecule has 0 bridgehead atoms. The van der Waals surface area contributed by atoms with E-state index in [2.05, 4.69) is 0 Å². The van der Waals surface area contributed by atoms with E-state index in [0.717, 1.165) is 4.90 Å². The first-order chi connectivity index (χ1) is 6.91. The van der Waals surface area contributed by atoms with E-state index in [9.17, 15) is 17.6 Å². The second kappa shape index (κ2) is 4.06. The van der Waals surface area contributed by atoms with Crippen molar-refractivity contribution >= 4 is 5.69 Å². The molecule has 0 saturated heterocycles. The van der Waals surface area contributed by atoms with Gasteiger partial charge in [-0.3, -0.25) is 0 Å². The van der Waals surface area contributed by atoms with Crippen LogP contribution < -0.4 is 4.90 Å². The van der Waals surface area contributed by atoms with Crippen LogP contribution in [-0.4, -0.2) is 19.2 Å². The van der Waals surface area contributed by atoms with Gasteiger partial charge in [0.25, 0.3) is 0 Å². The average Bonchev–Trinajstić information content (AvgIpc) is 2.16. The predicted octanol–water partition coefficient (Wildman–Crippen LogP) is 1.80. The molecule has 1 rings (SSSR count). The fourth-order valence-electron chi connectivity index (χ4n) is 1.20. The fraction of sp³-hybridized carbons (Fsp3) is 0.333. The fourth-order valence-corrected chi connectivity index (χ4v) is 1.20. The Kier molecular flexibility index (Phi) is 3.18. The normalized spacial score (nSPS) is 10.6. The lowest BCUT2D eigenvalue weighted by Gasteiger charge is -2.16. The molecule has 0 heterocycles. The van der Waals surface area contributed by atoms with E-state index in [1.807, 2.05) is 0 Å². The van der Waals surface area contributed by atoms with Crippen molar-refractivity contribution in [3.8, 4) is 0 Å². The second-order valence-corrected chi connectivity index (χ2v) is 3.14. The van der Waals surface area contributed by atoms with E-state index in [4.69, 9.17) is 5.11 Å². The van der Waals surface area contributed by atoms with E-state index < -0.39 is 41.1 Å². The van der Waals surface area contributed by atoms with Crippen molar-refractivity contribution in [3.05, 3.63) is 28.8 Å². The summed E-state index contributed by atoms with van der Waals surface area (Å²) in [5.74, 6) is -6.16. The van der Waals surface area contributed by atoms with Crippen LogP contribution in [0.5, 0.6) is 0 Å². The Balaban J connectivity index is 3.59. The maximum absolute atomic E-state index is 13.2. The van der Waals surface area contributed by atoms with Gasteiger partial charge < -0.3 is 10.0 Å². The van der Waals surface area contributed by atoms with Crippen molar-refractivity contribution < 1.29 is 22.7 Å². The van der Waals surface area contributed by atoms with Gasteiger partial charge in [-0.2, -0.15) is 0 Å². The Labute approximate surface area is 83.7 Å². The lowest BCUT2D eigenvalue weighted by molar-refractivity contribution is 0.263. The minimum absolute atomic E-state index is 0.804. The third-order valence-electron chi connectivity index (χ3n) is 1.94. The highest BCUT2D eigenvalue weighted by molar-refractivity contribution is 5.50. The summed E-state index contributed by atoms with van der Waals surface area (Å²) in [6.07, 6.45) is 0. The predicted molar refractivity (Wildman–Crippen MR) is 46.5 cm³/mol. The minimum Gasteiger partial charge on any atom is -0.391 e. The maximum Gasteiger partial charge on any atom is 0.185 e. The zero-order valence-electron chi connectivity index (χ0n) is 8.11. The summed E-state index contributed by atoms with van der Waals surface area (Å²) in [5, 5.41) is 8.55. The molecule has 1 aromatic carbocycles. The third kappa shape index (κ3) is 1.77. The van der Waals surface area contributed by atoms with Crippen LogP contribution in [0.25, 0.3) is 0 Å². The summed E-state index contributed by atoms with van der Waals surface area (Å²) >= 11 is 0. The monoisotopic (exact) mass is 223 g/mol. The summed E-state index contributed by atoms with van der Waals surface area (Å²) in [4.78, 5) is 0.915. The first kappa shape index (κ1) is 11.8. The molecule has 2 nitrogen and oxygen atoms in total. The van der Waals surface area contributed by atoms with Crippen LogP contribution in [0, 0.1) is 23.3 Å². The van der Waals surface area contributed by atoms with Crippen molar-refractivity contribution in [1.29, 1.82) is 0 Å². The van der Waals surface area contributed by atoms with E-state index in [0.29, 0.717) is 0 Å². The first-order valence-corrected chi connectivity index (χ1v) is 4.04. The van der Waals surface area contributed by atoms with Crippen LogP contribution in [0.2, 0.25) is 0 Å². The molecule has 0 fully saturated rings. The number of hydrogen-bond acceptors (Lipinski definition) is 2. The Morgan fingerprint density at radius 1 is 0.933 bits per heavy atom. The van der Waals surface area contributed by atoms with Gasteiger partial charge >= 0.3 is 0 Å². The van der Waals surface area contributed by atoms with Gasteiger partial charge in [0.1, 0.15) is 5.69 Å². The topological polar surface area (TPSA) is 23.5 Å². The summed E-state index contributed by atoms with van der Waals surface area (Å²) in [6, 6.07) is 0. The highest BCUT2D eigenvalue weighted by atomic mass is 19.2. The molecule has 0 atom stereocenters. The maximum atomic E-state index is 13.2. The molecule has 0 saturated carbocycles. The standard InChI is InChI=1S/C9H9F4NO/c1-14(2)9-7(12)5(10)4(3-15)6(11)8(9)13/h15H,3H2,1-2H3. The Morgan fingerprint density at radius 3 is 1.60 bits per heavy atom. The lowest BCUT2D eigenvalue weighted by Crippen LogP contribution is -2.17. The zero-order valence-corrected chi connectivity index (χ0v) is 8.11. The van der Waals surface area contributed by atoms with Crippen molar-refractivity contribution in [2.24, 2.45) is 0 Å². The van der Waals surface area contributed by atoms with Gasteiger partial charge in [0.2, 0.25) is 0 Å². The second-order valence-electron chi connectivity index (χ2n) is 3.14. The Hall–Kier alpha value is -1.30. The number of benzene rings is 1. The molecule has 6 heteroatoms. The average molecular weight is 223 g/mol. The van der Waals surface area contributed by atoms with Gasteiger partial charge in [-0.15, -0.1) is 0 Å². The summed E-state index contributed by atoms with van der Waals surface area (Å²) in [7, 11) is 2.50.